The number of aromatic nitrogens is 5. The molecular formula is C45H45N9O4. The smallest absolute Gasteiger partial charge is 0.250 e. The molecule has 2 saturated heterocycles. The Labute approximate surface area is 336 Å². The van der Waals surface area contributed by atoms with E-state index in [4.69, 9.17) is 9.97 Å². The fourth-order valence-corrected chi connectivity index (χ4v) is 8.08. The number of hydrogen-bond donors (Lipinski definition) is 4. The normalized spacial score (nSPS) is 17.5. The van der Waals surface area contributed by atoms with Gasteiger partial charge in [-0.1, -0.05) is 84.9 Å². The lowest BCUT2D eigenvalue weighted by atomic mass is 10.0. The third-order valence-electron chi connectivity index (χ3n) is 10.9. The van der Waals surface area contributed by atoms with Gasteiger partial charge in [-0.05, 0) is 54.5 Å². The fourth-order valence-electron chi connectivity index (χ4n) is 8.08. The van der Waals surface area contributed by atoms with Crippen LogP contribution in [0, 0.1) is 0 Å². The summed E-state index contributed by atoms with van der Waals surface area (Å²) in [6.45, 7) is 4.01. The number of carbonyl (C=O) groups is 4. The third-order valence-corrected chi connectivity index (χ3v) is 10.9. The molecule has 0 unspecified atom stereocenters. The molecule has 2 aliphatic rings. The Kier molecular flexibility index (Phi) is 10.9. The van der Waals surface area contributed by atoms with Gasteiger partial charge in [0.2, 0.25) is 23.6 Å². The van der Waals surface area contributed by atoms with Crippen molar-refractivity contribution < 1.29 is 19.2 Å². The molecule has 2 aliphatic heterocycles. The van der Waals surface area contributed by atoms with E-state index in [0.717, 1.165) is 70.6 Å². The van der Waals surface area contributed by atoms with Crippen molar-refractivity contribution in [2.24, 2.45) is 0 Å². The number of nitrogens with zero attached hydrogens (tertiary/aromatic N) is 5. The maximum Gasteiger partial charge on any atom is 0.250 e. The summed E-state index contributed by atoms with van der Waals surface area (Å²) >= 11 is 0. The van der Waals surface area contributed by atoms with Crippen LogP contribution in [-0.2, 0) is 19.2 Å². The molecule has 294 valence electrons. The average Bonchev–Trinajstić information content (AvgIpc) is 4.09. The first kappa shape index (κ1) is 38.0. The van der Waals surface area contributed by atoms with Gasteiger partial charge in [-0.25, -0.2) is 9.97 Å². The second-order valence-electron chi connectivity index (χ2n) is 14.8. The lowest BCUT2D eigenvalue weighted by Crippen LogP contribution is -2.42. The molecule has 4 amide bonds. The zero-order chi connectivity index (χ0) is 40.2. The second-order valence-corrected chi connectivity index (χ2v) is 14.8. The molecule has 0 saturated carbocycles. The van der Waals surface area contributed by atoms with Gasteiger partial charge in [-0.3, -0.25) is 24.2 Å². The highest BCUT2D eigenvalue weighted by molar-refractivity contribution is 5.89. The minimum Gasteiger partial charge on any atom is -0.341 e. The van der Waals surface area contributed by atoms with E-state index in [2.05, 4.69) is 25.6 Å². The number of aromatic amines is 2. The van der Waals surface area contributed by atoms with Crippen LogP contribution in [0.3, 0.4) is 0 Å². The van der Waals surface area contributed by atoms with Gasteiger partial charge < -0.3 is 30.4 Å². The summed E-state index contributed by atoms with van der Waals surface area (Å²) in [6.07, 6.45) is 8.59. The van der Waals surface area contributed by atoms with Crippen LogP contribution < -0.4 is 10.6 Å². The highest BCUT2D eigenvalue weighted by atomic mass is 16.2. The molecule has 58 heavy (non-hydrogen) atoms. The molecule has 2 fully saturated rings. The fraction of sp³-hybridized carbons (Fsp3) is 0.267. The van der Waals surface area contributed by atoms with Crippen molar-refractivity contribution in [1.29, 1.82) is 0 Å². The number of amides is 4. The quantitative estimate of drug-likeness (QED) is 0.115. The van der Waals surface area contributed by atoms with Crippen molar-refractivity contribution in [1.82, 2.24) is 45.4 Å². The van der Waals surface area contributed by atoms with Crippen molar-refractivity contribution in [2.75, 3.05) is 13.1 Å². The maximum absolute atomic E-state index is 13.8. The van der Waals surface area contributed by atoms with E-state index in [0.29, 0.717) is 24.7 Å². The van der Waals surface area contributed by atoms with E-state index in [1.165, 1.54) is 13.8 Å². The molecule has 13 heteroatoms. The number of likely N-dealkylation sites (tertiary alicyclic amines) is 2. The number of hydrogen-bond acceptors (Lipinski definition) is 7. The zero-order valence-electron chi connectivity index (χ0n) is 32.4. The van der Waals surface area contributed by atoms with Crippen LogP contribution in [0.1, 0.15) is 86.5 Å². The summed E-state index contributed by atoms with van der Waals surface area (Å²) in [5, 5.41) is 5.68. The van der Waals surface area contributed by atoms with Gasteiger partial charge in [0, 0.05) is 44.3 Å². The van der Waals surface area contributed by atoms with Gasteiger partial charge in [0.15, 0.2) is 0 Å². The first-order chi connectivity index (χ1) is 28.2. The number of benzene rings is 3. The lowest BCUT2D eigenvalue weighted by molar-refractivity contribution is -0.137. The van der Waals surface area contributed by atoms with Crippen LogP contribution >= 0.6 is 0 Å². The number of H-pyrrole nitrogens is 2. The Morgan fingerprint density at radius 3 is 1.47 bits per heavy atom. The second kappa shape index (κ2) is 16.7. The van der Waals surface area contributed by atoms with Crippen molar-refractivity contribution >= 4 is 23.6 Å². The van der Waals surface area contributed by atoms with E-state index >= 15 is 0 Å². The first-order valence-electron chi connectivity index (χ1n) is 19.7. The molecule has 6 aromatic rings. The zero-order valence-corrected chi connectivity index (χ0v) is 32.4. The number of rotatable bonds is 11. The van der Waals surface area contributed by atoms with E-state index in [9.17, 15) is 19.2 Å². The van der Waals surface area contributed by atoms with E-state index in [1.807, 2.05) is 113 Å². The van der Waals surface area contributed by atoms with Crippen LogP contribution in [0.5, 0.6) is 0 Å². The van der Waals surface area contributed by atoms with Gasteiger partial charge in [0.25, 0.3) is 0 Å². The SMILES string of the molecule is CC(=O)N[C@@H](C(=O)N1CCC[C@H]1c1ncc(-c2ccc(-c3ccc(-c4cnc([C@@H]5CCCN5C(=O)[C@H](NC(C)=O)c5ccccc5)[nH]4)cn3)cc2)[nH]1)c1ccccc1. The molecule has 0 aliphatic carbocycles. The third kappa shape index (κ3) is 8.01. The molecule has 0 radical (unpaired) electrons. The number of carbonyl (C=O) groups excluding carboxylic acids is 4. The summed E-state index contributed by atoms with van der Waals surface area (Å²) in [5.41, 5.74) is 6.70. The van der Waals surface area contributed by atoms with Gasteiger partial charge in [-0.15, -0.1) is 0 Å². The Balaban J connectivity index is 0.929. The maximum atomic E-state index is 13.8. The van der Waals surface area contributed by atoms with Crippen molar-refractivity contribution in [2.45, 2.75) is 63.7 Å². The topological polar surface area (TPSA) is 169 Å². The van der Waals surface area contributed by atoms with Gasteiger partial charge in [0.1, 0.15) is 23.7 Å². The van der Waals surface area contributed by atoms with Crippen LogP contribution in [0.2, 0.25) is 0 Å². The van der Waals surface area contributed by atoms with Crippen LogP contribution in [0.15, 0.2) is 116 Å². The molecule has 8 rings (SSSR count). The van der Waals surface area contributed by atoms with Gasteiger partial charge >= 0.3 is 0 Å². The van der Waals surface area contributed by atoms with E-state index in [-0.39, 0.29) is 35.7 Å². The summed E-state index contributed by atoms with van der Waals surface area (Å²) in [5.74, 6) is 0.579. The summed E-state index contributed by atoms with van der Waals surface area (Å²) < 4.78 is 0. The molecule has 0 spiro atoms. The monoisotopic (exact) mass is 775 g/mol. The molecule has 4 N–H and O–H groups in total. The summed E-state index contributed by atoms with van der Waals surface area (Å²) in [4.78, 5) is 76.4. The van der Waals surface area contributed by atoms with Gasteiger partial charge in [0.05, 0.1) is 41.6 Å². The summed E-state index contributed by atoms with van der Waals surface area (Å²) in [6, 6.07) is 28.7. The molecule has 3 aromatic heterocycles. The van der Waals surface area contributed by atoms with Crippen LogP contribution in [-0.4, -0.2) is 71.4 Å². The van der Waals surface area contributed by atoms with Crippen LogP contribution in [0.4, 0.5) is 0 Å². The van der Waals surface area contributed by atoms with Crippen molar-refractivity contribution in [3.05, 3.63) is 138 Å². The minimum atomic E-state index is -0.770. The first-order valence-corrected chi connectivity index (χ1v) is 19.7. The Hall–Kier alpha value is -6.89. The molecule has 13 nitrogen and oxygen atoms in total. The Bertz CT molecular complexity index is 2220. The number of nitrogens with one attached hydrogen (secondary N) is 4. The molecule has 4 atom stereocenters. The van der Waals surface area contributed by atoms with Crippen molar-refractivity contribution in [3.63, 3.8) is 0 Å². The van der Waals surface area contributed by atoms with Crippen molar-refractivity contribution in [3.8, 4) is 33.8 Å². The lowest BCUT2D eigenvalue weighted by Gasteiger charge is -2.28. The number of imidazole rings is 2. The largest absolute Gasteiger partial charge is 0.341 e. The summed E-state index contributed by atoms with van der Waals surface area (Å²) in [7, 11) is 0. The Morgan fingerprint density at radius 2 is 1.02 bits per heavy atom. The highest BCUT2D eigenvalue weighted by Gasteiger charge is 2.38. The van der Waals surface area contributed by atoms with Gasteiger partial charge in [-0.2, -0.15) is 0 Å². The predicted molar refractivity (Wildman–Crippen MR) is 218 cm³/mol. The predicted octanol–water partition coefficient (Wildman–Crippen LogP) is 6.61. The molecule has 5 heterocycles. The Morgan fingerprint density at radius 1 is 0.569 bits per heavy atom. The standard InChI is InChI=1S/C45H45N9O4/c1-28(55)49-40(32-11-5-3-6-12-32)44(57)53-23-9-15-38(53)42-47-26-36(51-42)31-19-17-30(18-20-31)35-22-21-34(25-46-35)37-27-48-43(52-37)39-16-10-24-54(39)45(58)41(50-29(2)56)33-13-7-4-8-14-33/h3-8,11-14,17-22,25-27,38-41H,9-10,15-16,23-24H2,1-2H3,(H,47,51)(H,48,52)(H,49,55)(H,50,56)/t38-,39-,40+,41+/m0/s1. The molecule has 3 aromatic carbocycles. The molecular weight excluding hydrogens is 731 g/mol. The minimum absolute atomic E-state index is 0.151. The van der Waals surface area contributed by atoms with Crippen LogP contribution in [0.25, 0.3) is 33.8 Å². The highest BCUT2D eigenvalue weighted by Crippen LogP contribution is 2.36. The molecule has 0 bridgehead atoms. The van der Waals surface area contributed by atoms with E-state index < -0.39 is 12.1 Å². The van der Waals surface area contributed by atoms with E-state index in [1.54, 1.807) is 12.4 Å². The average molecular weight is 776 g/mol. The number of pyridine rings is 1.